The van der Waals surface area contributed by atoms with Gasteiger partial charge in [-0.05, 0) is 67.1 Å². The van der Waals surface area contributed by atoms with E-state index in [0.29, 0.717) is 46.9 Å². The van der Waals surface area contributed by atoms with Crippen LogP contribution < -0.4 is 10.7 Å². The molecule has 0 spiro atoms. The highest BCUT2D eigenvalue weighted by Crippen LogP contribution is 2.28. The number of halogens is 1. The fraction of sp³-hybridized carbons (Fsp3) is 0.296. The molecule has 0 aliphatic carbocycles. The summed E-state index contributed by atoms with van der Waals surface area (Å²) in [4.78, 5) is 27.7. The lowest BCUT2D eigenvalue weighted by Crippen LogP contribution is -2.35. The molecule has 2 unspecified atom stereocenters. The molecule has 2 aromatic carbocycles. The molecule has 2 atom stereocenters. The van der Waals surface area contributed by atoms with Crippen molar-refractivity contribution in [1.82, 2.24) is 10.3 Å². The molecule has 0 aliphatic heterocycles. The Morgan fingerprint density at radius 2 is 1.78 bits per heavy atom. The van der Waals surface area contributed by atoms with E-state index in [1.54, 1.807) is 56.5 Å². The van der Waals surface area contributed by atoms with Gasteiger partial charge in [-0.2, -0.15) is 5.10 Å². The van der Waals surface area contributed by atoms with Crippen molar-refractivity contribution in [2.45, 2.75) is 39.5 Å². The van der Waals surface area contributed by atoms with Crippen LogP contribution in [0, 0.1) is 12.7 Å². The predicted octanol–water partition coefficient (Wildman–Crippen LogP) is 3.78. The molecule has 0 bridgehead atoms. The summed E-state index contributed by atoms with van der Waals surface area (Å²) in [6, 6.07) is 12.9. The molecule has 0 saturated carbocycles. The van der Waals surface area contributed by atoms with E-state index >= 15 is 0 Å². The van der Waals surface area contributed by atoms with Crippen molar-refractivity contribution in [1.29, 1.82) is 0 Å². The lowest BCUT2D eigenvalue weighted by molar-refractivity contribution is 0.0793. The zero-order valence-corrected chi connectivity index (χ0v) is 21.8. The van der Waals surface area contributed by atoms with Gasteiger partial charge in [0, 0.05) is 25.2 Å². The molecule has 196 valence electrons. The van der Waals surface area contributed by atoms with E-state index in [1.807, 2.05) is 11.0 Å². The number of aliphatic hydroxyl groups is 2. The second-order valence-corrected chi connectivity index (χ2v) is 9.80. The number of rotatable bonds is 11. The van der Waals surface area contributed by atoms with Crippen LogP contribution in [0.3, 0.4) is 0 Å². The van der Waals surface area contributed by atoms with Gasteiger partial charge in [0.05, 0.1) is 24.0 Å². The summed E-state index contributed by atoms with van der Waals surface area (Å²) in [6.45, 7) is 6.35. The SMILES string of the molecule is Cc1csc(NC(=O)c2cccc(CN(CC(C)O)CC(C)O)c2)c1C(=O)N/N=C/c1cccc(F)c1. The van der Waals surface area contributed by atoms with Crippen LogP contribution in [-0.2, 0) is 6.54 Å². The Kier molecular flexibility index (Phi) is 10.0. The number of benzene rings is 2. The predicted molar refractivity (Wildman–Crippen MR) is 144 cm³/mol. The van der Waals surface area contributed by atoms with Gasteiger partial charge in [-0.3, -0.25) is 14.5 Å². The maximum Gasteiger partial charge on any atom is 0.274 e. The number of hydrogen-bond donors (Lipinski definition) is 4. The van der Waals surface area contributed by atoms with Crippen molar-refractivity contribution in [2.24, 2.45) is 5.10 Å². The van der Waals surface area contributed by atoms with Gasteiger partial charge in [0.1, 0.15) is 10.8 Å². The molecule has 0 radical (unpaired) electrons. The number of nitrogens with zero attached hydrogens (tertiary/aromatic N) is 2. The normalized spacial score (nSPS) is 13.1. The number of thiophene rings is 1. The molecule has 0 fully saturated rings. The zero-order valence-electron chi connectivity index (χ0n) is 20.9. The first-order valence-electron chi connectivity index (χ1n) is 11.8. The molecular weight excluding hydrogens is 495 g/mol. The highest BCUT2D eigenvalue weighted by Gasteiger charge is 2.19. The number of hydrazone groups is 1. The van der Waals surface area contributed by atoms with E-state index in [1.165, 1.54) is 29.7 Å². The summed E-state index contributed by atoms with van der Waals surface area (Å²) in [6.07, 6.45) is 0.218. The van der Waals surface area contributed by atoms with Gasteiger partial charge >= 0.3 is 0 Å². The first kappa shape index (κ1) is 28.1. The van der Waals surface area contributed by atoms with Crippen molar-refractivity contribution < 1.29 is 24.2 Å². The summed E-state index contributed by atoms with van der Waals surface area (Å²) in [5.41, 5.74) is 5.16. The van der Waals surface area contributed by atoms with Crippen LogP contribution in [0.4, 0.5) is 9.39 Å². The third-order valence-electron chi connectivity index (χ3n) is 5.30. The van der Waals surface area contributed by atoms with Gasteiger partial charge in [-0.15, -0.1) is 11.3 Å². The number of anilines is 1. The topological polar surface area (TPSA) is 114 Å². The highest BCUT2D eigenvalue weighted by molar-refractivity contribution is 7.15. The number of hydrogen-bond acceptors (Lipinski definition) is 7. The Balaban J connectivity index is 1.69. The summed E-state index contributed by atoms with van der Waals surface area (Å²) >= 11 is 1.23. The summed E-state index contributed by atoms with van der Waals surface area (Å²) < 4.78 is 13.3. The van der Waals surface area contributed by atoms with Crippen molar-refractivity contribution >= 4 is 34.4 Å². The molecule has 0 aliphatic rings. The van der Waals surface area contributed by atoms with E-state index in [-0.39, 0.29) is 5.91 Å². The average molecular weight is 527 g/mol. The fourth-order valence-electron chi connectivity index (χ4n) is 3.82. The molecule has 8 nitrogen and oxygen atoms in total. The van der Waals surface area contributed by atoms with Crippen LogP contribution in [0.2, 0.25) is 0 Å². The van der Waals surface area contributed by atoms with E-state index in [9.17, 15) is 24.2 Å². The highest BCUT2D eigenvalue weighted by atomic mass is 32.1. The van der Waals surface area contributed by atoms with Crippen LogP contribution in [0.1, 0.15) is 51.3 Å². The van der Waals surface area contributed by atoms with E-state index in [4.69, 9.17) is 0 Å². The fourth-order valence-corrected chi connectivity index (χ4v) is 4.76. The number of amides is 2. The number of aryl methyl sites for hydroxylation is 1. The second kappa shape index (κ2) is 13.2. The monoisotopic (exact) mass is 526 g/mol. The molecule has 0 saturated heterocycles. The summed E-state index contributed by atoms with van der Waals surface area (Å²) in [5.74, 6) is -1.28. The maximum atomic E-state index is 13.3. The van der Waals surface area contributed by atoms with E-state index < -0.39 is 23.9 Å². The first-order valence-corrected chi connectivity index (χ1v) is 12.7. The standard InChI is InChI=1S/C27H31FN4O4S/c1-17-16-37-27(24(17)26(36)31-29-12-20-6-5-9-23(28)11-20)30-25(35)22-8-4-7-21(10-22)15-32(13-18(2)33)14-19(3)34/h4-12,16,18-19,33-34H,13-15H2,1-3H3,(H,30,35)(H,31,36)/b29-12+. The molecule has 2 amide bonds. The molecule has 1 aromatic heterocycles. The minimum Gasteiger partial charge on any atom is -0.392 e. The zero-order chi connectivity index (χ0) is 26.9. The summed E-state index contributed by atoms with van der Waals surface area (Å²) in [5, 5.41) is 28.4. The van der Waals surface area contributed by atoms with Gasteiger partial charge in [-0.1, -0.05) is 24.3 Å². The third-order valence-corrected chi connectivity index (χ3v) is 6.31. The number of aliphatic hydroxyl groups excluding tert-OH is 2. The van der Waals surface area contributed by atoms with Gasteiger partial charge in [0.25, 0.3) is 11.8 Å². The van der Waals surface area contributed by atoms with Gasteiger partial charge < -0.3 is 15.5 Å². The van der Waals surface area contributed by atoms with Gasteiger partial charge in [-0.25, -0.2) is 9.82 Å². The molecule has 3 rings (SSSR count). The average Bonchev–Trinajstić information content (AvgIpc) is 3.18. The second-order valence-electron chi connectivity index (χ2n) is 8.92. The lowest BCUT2D eigenvalue weighted by Gasteiger charge is -2.25. The van der Waals surface area contributed by atoms with Crippen molar-refractivity contribution in [3.05, 3.63) is 87.5 Å². The number of carbonyl (C=O) groups excluding carboxylic acids is 2. The first-order chi connectivity index (χ1) is 17.6. The minimum absolute atomic E-state index is 0.297. The third kappa shape index (κ3) is 8.57. The van der Waals surface area contributed by atoms with Gasteiger partial charge in [0.15, 0.2) is 0 Å². The molecule has 37 heavy (non-hydrogen) atoms. The van der Waals surface area contributed by atoms with Crippen LogP contribution in [-0.4, -0.2) is 58.4 Å². The van der Waals surface area contributed by atoms with E-state index in [0.717, 1.165) is 5.56 Å². The van der Waals surface area contributed by atoms with E-state index in [2.05, 4.69) is 15.8 Å². The minimum atomic E-state index is -0.560. The molecule has 1 heterocycles. The largest absolute Gasteiger partial charge is 0.392 e. The quantitative estimate of drug-likeness (QED) is 0.224. The van der Waals surface area contributed by atoms with Crippen LogP contribution in [0.5, 0.6) is 0 Å². The molecular formula is C27H31FN4O4S. The number of carbonyl (C=O) groups is 2. The number of nitrogens with one attached hydrogen (secondary N) is 2. The van der Waals surface area contributed by atoms with Crippen molar-refractivity contribution in [3.63, 3.8) is 0 Å². The molecule has 3 aromatic rings. The van der Waals surface area contributed by atoms with Crippen molar-refractivity contribution in [3.8, 4) is 0 Å². The molecule has 10 heteroatoms. The Bertz CT molecular complexity index is 1250. The van der Waals surface area contributed by atoms with Crippen LogP contribution in [0.25, 0.3) is 0 Å². The molecule has 4 N–H and O–H groups in total. The van der Waals surface area contributed by atoms with Crippen LogP contribution >= 0.6 is 11.3 Å². The maximum absolute atomic E-state index is 13.3. The Morgan fingerprint density at radius 3 is 2.46 bits per heavy atom. The van der Waals surface area contributed by atoms with Crippen molar-refractivity contribution in [2.75, 3.05) is 18.4 Å². The Hall–Kier alpha value is -3.44. The Labute approximate surface area is 219 Å². The van der Waals surface area contributed by atoms with Crippen LogP contribution in [0.15, 0.2) is 59.0 Å². The van der Waals surface area contributed by atoms with Gasteiger partial charge in [0.2, 0.25) is 0 Å². The Morgan fingerprint density at radius 1 is 1.08 bits per heavy atom. The summed E-state index contributed by atoms with van der Waals surface area (Å²) in [7, 11) is 0. The lowest BCUT2D eigenvalue weighted by atomic mass is 10.1. The smallest absolute Gasteiger partial charge is 0.274 e.